The smallest absolute Gasteiger partial charge is 0.410 e. The molecular weight excluding hydrogens is 405 g/mol. The van der Waals surface area contributed by atoms with Gasteiger partial charge in [-0.3, -0.25) is 0 Å². The molecule has 0 aliphatic carbocycles. The van der Waals surface area contributed by atoms with E-state index in [9.17, 15) is 9.18 Å². The summed E-state index contributed by atoms with van der Waals surface area (Å²) in [5.41, 5.74) is 1.07. The first-order chi connectivity index (χ1) is 14.3. The first kappa shape index (κ1) is 20.9. The molecule has 8 heteroatoms. The summed E-state index contributed by atoms with van der Waals surface area (Å²) in [7, 11) is 0. The Labute approximate surface area is 180 Å². The van der Waals surface area contributed by atoms with E-state index in [4.69, 9.17) is 14.5 Å². The minimum atomic E-state index is -0.467. The molecule has 2 aromatic rings. The second-order valence-electron chi connectivity index (χ2n) is 8.82. The fraction of sp³-hybridized carbons (Fsp3) is 0.545. The lowest BCUT2D eigenvalue weighted by Gasteiger charge is -2.33. The second kappa shape index (κ2) is 8.41. The summed E-state index contributed by atoms with van der Waals surface area (Å²) >= 11 is 1.61. The van der Waals surface area contributed by atoms with Gasteiger partial charge in [0.25, 0.3) is 0 Å². The van der Waals surface area contributed by atoms with Gasteiger partial charge in [-0.1, -0.05) is 0 Å². The first-order valence-corrected chi connectivity index (χ1v) is 11.2. The van der Waals surface area contributed by atoms with Gasteiger partial charge in [0.15, 0.2) is 5.13 Å². The molecule has 2 aliphatic rings. The highest BCUT2D eigenvalue weighted by Gasteiger charge is 2.27. The van der Waals surface area contributed by atoms with Gasteiger partial charge in [0.05, 0.1) is 12.3 Å². The average molecular weight is 434 g/mol. The van der Waals surface area contributed by atoms with Gasteiger partial charge < -0.3 is 19.7 Å². The number of rotatable bonds is 3. The lowest BCUT2D eigenvalue weighted by atomic mass is 9.97. The summed E-state index contributed by atoms with van der Waals surface area (Å²) in [5, 5.41) is 4.31. The minimum Gasteiger partial charge on any atom is -0.493 e. The normalized spacial score (nSPS) is 16.9. The molecule has 1 aromatic carbocycles. The van der Waals surface area contributed by atoms with Gasteiger partial charge >= 0.3 is 6.09 Å². The molecule has 4 rings (SSSR count). The lowest BCUT2D eigenvalue weighted by Crippen LogP contribution is -2.42. The van der Waals surface area contributed by atoms with E-state index in [1.54, 1.807) is 22.3 Å². The van der Waals surface area contributed by atoms with E-state index >= 15 is 0 Å². The van der Waals surface area contributed by atoms with Gasteiger partial charge in [-0.15, -0.1) is 11.3 Å². The third kappa shape index (κ3) is 4.86. The number of amides is 1. The van der Waals surface area contributed by atoms with Gasteiger partial charge in [0, 0.05) is 36.5 Å². The van der Waals surface area contributed by atoms with E-state index in [1.807, 2.05) is 20.8 Å². The summed E-state index contributed by atoms with van der Waals surface area (Å²) in [6.45, 7) is 8.44. The molecule has 0 atom stereocenters. The van der Waals surface area contributed by atoms with Crippen LogP contribution in [0, 0.1) is 11.7 Å². The molecule has 1 aromatic heterocycles. The molecule has 2 aliphatic heterocycles. The zero-order chi connectivity index (χ0) is 21.3. The van der Waals surface area contributed by atoms with Crippen LogP contribution in [-0.2, 0) is 11.2 Å². The molecule has 0 radical (unpaired) electrons. The quantitative estimate of drug-likeness (QED) is 0.743. The number of likely N-dealkylation sites (tertiary alicyclic amines) is 1. The molecule has 1 N–H and O–H groups in total. The van der Waals surface area contributed by atoms with Gasteiger partial charge in [-0.2, -0.15) is 0 Å². The van der Waals surface area contributed by atoms with E-state index in [0.717, 1.165) is 47.1 Å². The van der Waals surface area contributed by atoms with E-state index in [0.29, 0.717) is 31.4 Å². The zero-order valence-corrected chi connectivity index (χ0v) is 18.5. The van der Waals surface area contributed by atoms with E-state index in [-0.39, 0.29) is 11.9 Å². The van der Waals surface area contributed by atoms with Crippen molar-refractivity contribution in [2.45, 2.75) is 45.6 Å². The van der Waals surface area contributed by atoms with Crippen LogP contribution in [0.25, 0.3) is 11.3 Å². The topological polar surface area (TPSA) is 63.7 Å². The number of anilines is 1. The molecule has 0 spiro atoms. The zero-order valence-electron chi connectivity index (χ0n) is 17.7. The van der Waals surface area contributed by atoms with Crippen LogP contribution in [0.4, 0.5) is 14.3 Å². The molecule has 3 heterocycles. The van der Waals surface area contributed by atoms with Gasteiger partial charge in [-0.25, -0.2) is 14.2 Å². The third-order valence-electron chi connectivity index (χ3n) is 5.29. The Morgan fingerprint density at radius 2 is 2.13 bits per heavy atom. The van der Waals surface area contributed by atoms with Crippen LogP contribution in [0.15, 0.2) is 18.2 Å². The van der Waals surface area contributed by atoms with Crippen molar-refractivity contribution in [3.8, 4) is 17.0 Å². The van der Waals surface area contributed by atoms with Crippen LogP contribution < -0.4 is 10.1 Å². The van der Waals surface area contributed by atoms with Crippen molar-refractivity contribution in [2.75, 3.05) is 31.6 Å². The number of aromatic nitrogens is 1. The Hall–Kier alpha value is -2.35. The number of piperidine rings is 1. The highest BCUT2D eigenvalue weighted by Crippen LogP contribution is 2.39. The summed E-state index contributed by atoms with van der Waals surface area (Å²) in [5.74, 6) is 0.867. The molecule has 30 heavy (non-hydrogen) atoms. The highest BCUT2D eigenvalue weighted by atomic mass is 32.1. The van der Waals surface area contributed by atoms with Crippen molar-refractivity contribution < 1.29 is 18.7 Å². The largest absolute Gasteiger partial charge is 0.493 e. The fourth-order valence-corrected chi connectivity index (χ4v) is 4.72. The number of carbonyl (C=O) groups is 1. The predicted octanol–water partition coefficient (Wildman–Crippen LogP) is 4.94. The molecule has 162 valence electrons. The number of thiazole rings is 1. The molecule has 1 amide bonds. The number of benzene rings is 1. The predicted molar refractivity (Wildman–Crippen MR) is 116 cm³/mol. The number of fused-ring (bicyclic) bond motifs is 3. The Morgan fingerprint density at radius 1 is 1.37 bits per heavy atom. The number of nitrogens with one attached hydrogen (secondary N) is 1. The number of hydrogen-bond acceptors (Lipinski definition) is 6. The highest BCUT2D eigenvalue weighted by molar-refractivity contribution is 7.16. The van der Waals surface area contributed by atoms with Crippen LogP contribution in [0.5, 0.6) is 5.75 Å². The van der Waals surface area contributed by atoms with Crippen molar-refractivity contribution in [3.05, 3.63) is 28.9 Å². The maximum atomic E-state index is 13.8. The maximum Gasteiger partial charge on any atom is 0.410 e. The van der Waals surface area contributed by atoms with Gasteiger partial charge in [0.2, 0.25) is 0 Å². The standard InChI is InChI=1S/C22H28FN3O3S/c1-22(2,3)29-21(27)26-9-6-14(7-10-26)13-24-20-25-19-16-12-15(23)4-5-17(16)28-11-8-18(19)30-20/h4-5,12,14H,6-11,13H2,1-3H3,(H,24,25). The fourth-order valence-electron chi connectivity index (χ4n) is 3.75. The van der Waals surface area contributed by atoms with Crippen molar-refractivity contribution in [1.29, 1.82) is 0 Å². The molecule has 0 bridgehead atoms. The second-order valence-corrected chi connectivity index (χ2v) is 9.91. The van der Waals surface area contributed by atoms with Crippen LogP contribution in [-0.4, -0.2) is 47.8 Å². The molecule has 0 unspecified atom stereocenters. The Balaban J connectivity index is 1.34. The number of halogens is 1. The Bertz CT molecular complexity index is 917. The van der Waals surface area contributed by atoms with Crippen LogP contribution >= 0.6 is 11.3 Å². The van der Waals surface area contributed by atoms with Crippen molar-refractivity contribution in [1.82, 2.24) is 9.88 Å². The number of carbonyl (C=O) groups excluding carboxylic acids is 1. The summed E-state index contributed by atoms with van der Waals surface area (Å²) < 4.78 is 25.0. The Morgan fingerprint density at radius 3 is 2.87 bits per heavy atom. The van der Waals surface area contributed by atoms with Crippen molar-refractivity contribution in [2.24, 2.45) is 5.92 Å². The Kier molecular flexibility index (Phi) is 5.86. The average Bonchev–Trinajstić information content (AvgIpc) is 3.02. The summed E-state index contributed by atoms with van der Waals surface area (Å²) in [6, 6.07) is 4.58. The monoisotopic (exact) mass is 433 g/mol. The van der Waals surface area contributed by atoms with Crippen LogP contribution in [0.2, 0.25) is 0 Å². The minimum absolute atomic E-state index is 0.231. The molecule has 0 saturated carbocycles. The van der Waals surface area contributed by atoms with Crippen molar-refractivity contribution in [3.63, 3.8) is 0 Å². The number of ether oxygens (including phenoxy) is 2. The van der Waals surface area contributed by atoms with Crippen LogP contribution in [0.3, 0.4) is 0 Å². The lowest BCUT2D eigenvalue weighted by molar-refractivity contribution is 0.0188. The van der Waals surface area contributed by atoms with E-state index < -0.39 is 5.60 Å². The van der Waals surface area contributed by atoms with E-state index in [1.165, 1.54) is 12.1 Å². The summed E-state index contributed by atoms with van der Waals surface area (Å²) in [6.07, 6.45) is 2.39. The molecule has 1 fully saturated rings. The molecule has 1 saturated heterocycles. The van der Waals surface area contributed by atoms with Crippen LogP contribution in [0.1, 0.15) is 38.5 Å². The third-order valence-corrected chi connectivity index (χ3v) is 6.36. The van der Waals surface area contributed by atoms with Gasteiger partial charge in [0.1, 0.15) is 17.2 Å². The maximum absolute atomic E-state index is 13.8. The van der Waals surface area contributed by atoms with Gasteiger partial charge in [-0.05, 0) is 57.7 Å². The SMILES string of the molecule is CC(C)(C)OC(=O)N1CCC(CNc2nc3c(s2)CCOc2ccc(F)cc2-3)CC1. The number of nitrogens with zero attached hydrogens (tertiary/aromatic N) is 2. The van der Waals surface area contributed by atoms with Crippen molar-refractivity contribution >= 4 is 22.6 Å². The first-order valence-electron chi connectivity index (χ1n) is 10.4. The van der Waals surface area contributed by atoms with E-state index in [2.05, 4.69) is 5.32 Å². The molecule has 6 nitrogen and oxygen atoms in total. The number of hydrogen-bond donors (Lipinski definition) is 1. The summed E-state index contributed by atoms with van der Waals surface area (Å²) in [4.78, 5) is 19.8. The molecular formula is C22H28FN3O3S.